The average Bonchev–Trinajstić information content (AvgIpc) is 2.97. The summed E-state index contributed by atoms with van der Waals surface area (Å²) in [6.45, 7) is 3.02. The minimum atomic E-state index is -4.96. The third kappa shape index (κ3) is 12.2. The SMILES string of the molecule is CCOC(Cc1ccc(OCCN(CCCOCc2ccccc2)C(=O)Oc2ccccc2OC(F)(F)F)cc1)C(=O)O. The lowest BCUT2D eigenvalue weighted by atomic mass is 10.1. The van der Waals surface area contributed by atoms with Gasteiger partial charge in [0.25, 0.3) is 0 Å². The number of ether oxygens (including phenoxy) is 5. The van der Waals surface area contributed by atoms with E-state index in [0.29, 0.717) is 25.4 Å². The number of alkyl halides is 3. The van der Waals surface area contributed by atoms with Gasteiger partial charge in [0.15, 0.2) is 17.6 Å². The third-order valence-corrected chi connectivity index (χ3v) is 5.98. The number of carbonyl (C=O) groups is 2. The summed E-state index contributed by atoms with van der Waals surface area (Å²) < 4.78 is 64.4. The standard InChI is InChI=1S/C31H34F3NO8/c1-2-40-28(29(36)37)21-23-13-15-25(16-14-23)41-20-18-35(17-8-19-39-22-24-9-4-3-5-10-24)30(38)42-26-11-6-7-12-27(26)43-31(32,33)34/h3-7,9-16,28H,2,8,17-22H2,1H3,(H,36,37). The van der Waals surface area contributed by atoms with Gasteiger partial charge in [-0.3, -0.25) is 0 Å². The summed E-state index contributed by atoms with van der Waals surface area (Å²) >= 11 is 0. The Bertz CT molecular complexity index is 1270. The zero-order chi connectivity index (χ0) is 31.1. The van der Waals surface area contributed by atoms with Gasteiger partial charge in [0, 0.05) is 26.2 Å². The molecule has 3 aromatic carbocycles. The van der Waals surface area contributed by atoms with Gasteiger partial charge < -0.3 is 33.7 Å². The lowest BCUT2D eigenvalue weighted by molar-refractivity contribution is -0.275. The summed E-state index contributed by atoms with van der Waals surface area (Å²) in [5.41, 5.74) is 1.74. The molecule has 0 aromatic heterocycles. The Kier molecular flexibility index (Phi) is 13.1. The van der Waals surface area contributed by atoms with Gasteiger partial charge in [-0.2, -0.15) is 0 Å². The number of carboxylic acid groups (broad SMARTS) is 1. The van der Waals surface area contributed by atoms with Gasteiger partial charge in [0.1, 0.15) is 12.4 Å². The van der Waals surface area contributed by atoms with Crippen molar-refractivity contribution < 1.29 is 51.6 Å². The smallest absolute Gasteiger partial charge is 0.492 e. The largest absolute Gasteiger partial charge is 0.573 e. The Labute approximate surface area is 247 Å². The second kappa shape index (κ2) is 17.0. The van der Waals surface area contributed by atoms with Crippen LogP contribution in [-0.2, 0) is 27.3 Å². The molecule has 0 radical (unpaired) electrons. The fourth-order valence-electron chi connectivity index (χ4n) is 3.95. The average molecular weight is 606 g/mol. The van der Waals surface area contributed by atoms with E-state index in [4.69, 9.17) is 18.9 Å². The lowest BCUT2D eigenvalue weighted by Gasteiger charge is -2.23. The number of aliphatic carboxylic acids is 1. The van der Waals surface area contributed by atoms with Crippen molar-refractivity contribution in [2.75, 3.05) is 32.9 Å². The highest BCUT2D eigenvalue weighted by atomic mass is 19.4. The highest BCUT2D eigenvalue weighted by Gasteiger charge is 2.33. The molecule has 1 unspecified atom stereocenters. The van der Waals surface area contributed by atoms with Crippen LogP contribution in [0.4, 0.5) is 18.0 Å². The molecule has 43 heavy (non-hydrogen) atoms. The van der Waals surface area contributed by atoms with Crippen LogP contribution in [0.5, 0.6) is 17.2 Å². The Morgan fingerprint density at radius 1 is 0.860 bits per heavy atom. The number of amides is 1. The van der Waals surface area contributed by atoms with E-state index in [1.54, 1.807) is 31.2 Å². The highest BCUT2D eigenvalue weighted by Crippen LogP contribution is 2.32. The van der Waals surface area contributed by atoms with Gasteiger partial charge in [-0.1, -0.05) is 54.6 Å². The number of rotatable bonds is 17. The normalized spacial score (nSPS) is 11.9. The van der Waals surface area contributed by atoms with E-state index in [0.717, 1.165) is 17.2 Å². The van der Waals surface area contributed by atoms with Crippen LogP contribution < -0.4 is 14.2 Å². The second-order valence-electron chi connectivity index (χ2n) is 9.22. The first-order chi connectivity index (χ1) is 20.6. The third-order valence-electron chi connectivity index (χ3n) is 5.98. The Morgan fingerprint density at radius 2 is 1.53 bits per heavy atom. The van der Waals surface area contributed by atoms with E-state index in [1.165, 1.54) is 23.1 Å². The molecule has 0 spiro atoms. The maximum absolute atomic E-state index is 13.0. The van der Waals surface area contributed by atoms with Crippen molar-refractivity contribution in [3.63, 3.8) is 0 Å². The molecule has 1 N–H and O–H groups in total. The van der Waals surface area contributed by atoms with Crippen LogP contribution in [0.15, 0.2) is 78.9 Å². The molecule has 0 aliphatic carbocycles. The van der Waals surface area contributed by atoms with E-state index in [2.05, 4.69) is 4.74 Å². The van der Waals surface area contributed by atoms with Crippen molar-refractivity contribution in [3.8, 4) is 17.2 Å². The van der Waals surface area contributed by atoms with E-state index in [1.807, 2.05) is 30.3 Å². The van der Waals surface area contributed by atoms with Gasteiger partial charge >= 0.3 is 18.4 Å². The molecule has 3 aromatic rings. The monoisotopic (exact) mass is 605 g/mol. The predicted molar refractivity (Wildman–Crippen MR) is 150 cm³/mol. The fraction of sp³-hybridized carbons (Fsp3) is 0.355. The van der Waals surface area contributed by atoms with Crippen molar-refractivity contribution in [1.29, 1.82) is 0 Å². The van der Waals surface area contributed by atoms with Crippen molar-refractivity contribution in [1.82, 2.24) is 4.90 Å². The second-order valence-corrected chi connectivity index (χ2v) is 9.22. The Balaban J connectivity index is 1.59. The molecule has 1 amide bonds. The maximum Gasteiger partial charge on any atom is 0.573 e. The molecule has 0 saturated heterocycles. The van der Waals surface area contributed by atoms with Crippen LogP contribution in [0.1, 0.15) is 24.5 Å². The van der Waals surface area contributed by atoms with E-state index in [9.17, 15) is 27.9 Å². The van der Waals surface area contributed by atoms with Gasteiger partial charge in [-0.05, 0) is 48.7 Å². The molecule has 0 fully saturated rings. The zero-order valence-electron chi connectivity index (χ0n) is 23.6. The summed E-state index contributed by atoms with van der Waals surface area (Å²) in [6.07, 6.45) is -6.17. The van der Waals surface area contributed by atoms with Crippen LogP contribution in [-0.4, -0.2) is 67.4 Å². The first-order valence-electron chi connectivity index (χ1n) is 13.6. The molecule has 232 valence electrons. The van der Waals surface area contributed by atoms with E-state index in [-0.39, 0.29) is 38.5 Å². The lowest BCUT2D eigenvalue weighted by Crippen LogP contribution is -2.38. The Hall–Kier alpha value is -4.29. The number of halogens is 3. The molecule has 0 bridgehead atoms. The van der Waals surface area contributed by atoms with E-state index >= 15 is 0 Å². The number of carbonyl (C=O) groups excluding carboxylic acids is 1. The first-order valence-corrected chi connectivity index (χ1v) is 13.6. The molecular formula is C31H34F3NO8. The molecule has 9 nitrogen and oxygen atoms in total. The molecule has 1 atom stereocenters. The van der Waals surface area contributed by atoms with Crippen molar-refractivity contribution in [2.24, 2.45) is 0 Å². The minimum absolute atomic E-state index is 0.0523. The predicted octanol–water partition coefficient (Wildman–Crippen LogP) is 6.10. The molecule has 12 heteroatoms. The van der Waals surface area contributed by atoms with Crippen molar-refractivity contribution in [3.05, 3.63) is 90.0 Å². The fourth-order valence-corrected chi connectivity index (χ4v) is 3.95. The maximum atomic E-state index is 13.0. The molecule has 0 saturated carbocycles. The topological polar surface area (TPSA) is 104 Å². The summed E-state index contributed by atoms with van der Waals surface area (Å²) in [5, 5.41) is 9.28. The summed E-state index contributed by atoms with van der Waals surface area (Å²) in [7, 11) is 0. The van der Waals surface area contributed by atoms with Gasteiger partial charge in [0.05, 0.1) is 13.2 Å². The van der Waals surface area contributed by atoms with Crippen LogP contribution in [0.2, 0.25) is 0 Å². The minimum Gasteiger partial charge on any atom is -0.492 e. The number of carboxylic acids is 1. The number of hydrogen-bond acceptors (Lipinski definition) is 7. The molecule has 0 aliphatic rings. The number of hydrogen-bond donors (Lipinski definition) is 1. The molecule has 0 aliphatic heterocycles. The Morgan fingerprint density at radius 3 is 2.19 bits per heavy atom. The van der Waals surface area contributed by atoms with Gasteiger partial charge in [-0.15, -0.1) is 13.2 Å². The van der Waals surface area contributed by atoms with E-state index < -0.39 is 30.3 Å². The van der Waals surface area contributed by atoms with Crippen LogP contribution in [0, 0.1) is 0 Å². The quantitative estimate of drug-likeness (QED) is 0.184. The van der Waals surface area contributed by atoms with Crippen molar-refractivity contribution in [2.45, 2.75) is 38.8 Å². The summed E-state index contributed by atoms with van der Waals surface area (Å²) in [4.78, 5) is 25.7. The summed E-state index contributed by atoms with van der Waals surface area (Å²) in [5.74, 6) is -1.58. The molecule has 0 heterocycles. The number of benzene rings is 3. The molecule has 3 rings (SSSR count). The van der Waals surface area contributed by atoms with Crippen molar-refractivity contribution >= 4 is 12.1 Å². The van der Waals surface area contributed by atoms with Crippen LogP contribution in [0.3, 0.4) is 0 Å². The highest BCUT2D eigenvalue weighted by molar-refractivity contribution is 5.73. The first kappa shape index (κ1) is 33.2. The van der Waals surface area contributed by atoms with Gasteiger partial charge in [-0.25, -0.2) is 9.59 Å². The van der Waals surface area contributed by atoms with Crippen LogP contribution >= 0.6 is 0 Å². The number of para-hydroxylation sites is 2. The molecular weight excluding hydrogens is 571 g/mol. The zero-order valence-corrected chi connectivity index (χ0v) is 23.6. The van der Waals surface area contributed by atoms with Crippen LogP contribution in [0.25, 0.3) is 0 Å². The number of nitrogens with zero attached hydrogens (tertiary/aromatic N) is 1. The summed E-state index contributed by atoms with van der Waals surface area (Å²) in [6, 6.07) is 21.4. The van der Waals surface area contributed by atoms with Gasteiger partial charge in [0.2, 0.25) is 0 Å².